The molecule has 0 aliphatic carbocycles. The van der Waals surface area contributed by atoms with Crippen LogP contribution in [0.2, 0.25) is 0 Å². The zero-order chi connectivity index (χ0) is 20.4. The van der Waals surface area contributed by atoms with Gasteiger partial charge >= 0.3 is 6.03 Å². The van der Waals surface area contributed by atoms with E-state index in [1.165, 1.54) is 11.8 Å². The van der Waals surface area contributed by atoms with Gasteiger partial charge in [0.1, 0.15) is 12.6 Å². The van der Waals surface area contributed by atoms with Gasteiger partial charge in [0.2, 0.25) is 5.91 Å². The number of amides is 4. The van der Waals surface area contributed by atoms with E-state index in [1.54, 1.807) is 43.3 Å². The molecule has 1 aliphatic heterocycles. The largest absolute Gasteiger partial charge is 0.332 e. The van der Waals surface area contributed by atoms with Crippen molar-refractivity contribution in [3.8, 4) is 0 Å². The number of urea groups is 1. The van der Waals surface area contributed by atoms with Crippen LogP contribution in [-0.4, -0.2) is 41.1 Å². The van der Waals surface area contributed by atoms with Crippen LogP contribution in [-0.2, 0) is 9.59 Å². The molecule has 1 N–H and O–H groups in total. The maximum absolute atomic E-state index is 12.7. The Kier molecular flexibility index (Phi) is 5.26. The fraction of sp³-hybridized carbons (Fsp3) is 0.238. The van der Waals surface area contributed by atoms with Gasteiger partial charge in [-0.3, -0.25) is 24.2 Å². The predicted molar refractivity (Wildman–Crippen MR) is 105 cm³/mol. The Labute approximate surface area is 162 Å². The van der Waals surface area contributed by atoms with Crippen LogP contribution >= 0.6 is 0 Å². The van der Waals surface area contributed by atoms with E-state index in [0.29, 0.717) is 16.9 Å². The second-order valence-electron chi connectivity index (χ2n) is 6.77. The van der Waals surface area contributed by atoms with Crippen LogP contribution in [0.15, 0.2) is 48.5 Å². The number of nitrogens with zero attached hydrogens (tertiary/aromatic N) is 2. The Hall–Kier alpha value is -3.48. The topological polar surface area (TPSA) is 86.8 Å². The molecular weight excluding hydrogens is 358 g/mol. The first-order chi connectivity index (χ1) is 13.3. The minimum atomic E-state index is -0.683. The highest BCUT2D eigenvalue weighted by atomic mass is 16.2. The molecule has 0 radical (unpaired) electrons. The van der Waals surface area contributed by atoms with Crippen LogP contribution in [0, 0.1) is 6.92 Å². The summed E-state index contributed by atoms with van der Waals surface area (Å²) < 4.78 is 0. The molecule has 0 unspecified atom stereocenters. The molecule has 1 atom stereocenters. The highest BCUT2D eigenvalue weighted by Gasteiger charge is 2.44. The van der Waals surface area contributed by atoms with Crippen LogP contribution in [0.3, 0.4) is 0 Å². The Morgan fingerprint density at radius 3 is 2.18 bits per heavy atom. The SMILES string of the molecule is CC(=O)c1ccc(NC(=O)CN2C(=O)[C@@H](C)N(c3ccc(C)cc3)C2=O)cc1. The first kappa shape index (κ1) is 19.3. The third kappa shape index (κ3) is 3.78. The lowest BCUT2D eigenvalue weighted by molar-refractivity contribution is -0.130. The number of imide groups is 1. The van der Waals surface area contributed by atoms with Gasteiger partial charge in [-0.05, 0) is 57.2 Å². The summed E-state index contributed by atoms with van der Waals surface area (Å²) in [5, 5.41) is 2.64. The quantitative estimate of drug-likeness (QED) is 0.639. The summed E-state index contributed by atoms with van der Waals surface area (Å²) in [5.74, 6) is -0.987. The number of hydrogen-bond donors (Lipinski definition) is 1. The van der Waals surface area contributed by atoms with E-state index < -0.39 is 23.9 Å². The number of benzene rings is 2. The number of anilines is 2. The van der Waals surface area contributed by atoms with Crippen LogP contribution in [0.4, 0.5) is 16.2 Å². The molecule has 2 aromatic carbocycles. The number of carbonyl (C=O) groups is 4. The van der Waals surface area contributed by atoms with Crippen molar-refractivity contribution in [1.29, 1.82) is 0 Å². The molecule has 1 saturated heterocycles. The van der Waals surface area contributed by atoms with E-state index in [2.05, 4.69) is 5.32 Å². The first-order valence-electron chi connectivity index (χ1n) is 8.90. The van der Waals surface area contributed by atoms with Gasteiger partial charge in [0.15, 0.2) is 5.78 Å². The fourth-order valence-corrected chi connectivity index (χ4v) is 3.04. The number of rotatable bonds is 5. The maximum Gasteiger partial charge on any atom is 0.332 e. The molecule has 28 heavy (non-hydrogen) atoms. The molecule has 1 aliphatic rings. The van der Waals surface area contributed by atoms with Gasteiger partial charge in [-0.15, -0.1) is 0 Å². The van der Waals surface area contributed by atoms with E-state index in [1.807, 2.05) is 19.1 Å². The molecule has 0 bridgehead atoms. The Bertz CT molecular complexity index is 935. The summed E-state index contributed by atoms with van der Waals surface area (Å²) in [7, 11) is 0. The molecule has 0 saturated carbocycles. The van der Waals surface area contributed by atoms with Crippen molar-refractivity contribution < 1.29 is 19.2 Å². The average Bonchev–Trinajstić information content (AvgIpc) is 2.86. The molecule has 0 spiro atoms. The lowest BCUT2D eigenvalue weighted by Gasteiger charge is -2.19. The Morgan fingerprint density at radius 2 is 1.61 bits per heavy atom. The van der Waals surface area contributed by atoms with Crippen molar-refractivity contribution in [2.45, 2.75) is 26.8 Å². The van der Waals surface area contributed by atoms with Gasteiger partial charge < -0.3 is 5.32 Å². The van der Waals surface area contributed by atoms with Crippen LogP contribution in [0.1, 0.15) is 29.8 Å². The number of hydrogen-bond acceptors (Lipinski definition) is 4. The van der Waals surface area contributed by atoms with Crippen molar-refractivity contribution in [2.24, 2.45) is 0 Å². The van der Waals surface area contributed by atoms with Crippen molar-refractivity contribution in [3.05, 3.63) is 59.7 Å². The van der Waals surface area contributed by atoms with E-state index in [4.69, 9.17) is 0 Å². The second-order valence-corrected chi connectivity index (χ2v) is 6.77. The minimum Gasteiger partial charge on any atom is -0.325 e. The van der Waals surface area contributed by atoms with Crippen LogP contribution in [0.5, 0.6) is 0 Å². The molecule has 3 rings (SSSR count). The molecule has 0 aromatic heterocycles. The van der Waals surface area contributed by atoms with Crippen molar-refractivity contribution in [3.63, 3.8) is 0 Å². The van der Waals surface area contributed by atoms with Gasteiger partial charge in [-0.1, -0.05) is 17.7 Å². The zero-order valence-electron chi connectivity index (χ0n) is 15.9. The molecule has 1 fully saturated rings. The van der Waals surface area contributed by atoms with Crippen LogP contribution in [0.25, 0.3) is 0 Å². The van der Waals surface area contributed by atoms with Gasteiger partial charge in [-0.25, -0.2) is 4.79 Å². The summed E-state index contributed by atoms with van der Waals surface area (Å²) in [6.45, 7) is 4.65. The monoisotopic (exact) mass is 379 g/mol. The minimum absolute atomic E-state index is 0.0729. The molecule has 2 aromatic rings. The number of carbonyl (C=O) groups excluding carboxylic acids is 4. The molecule has 144 valence electrons. The summed E-state index contributed by atoms with van der Waals surface area (Å²) in [4.78, 5) is 51.2. The summed E-state index contributed by atoms with van der Waals surface area (Å²) in [6.07, 6.45) is 0. The predicted octanol–water partition coefficient (Wildman–Crippen LogP) is 2.99. The van der Waals surface area contributed by atoms with Crippen molar-refractivity contribution >= 4 is 35.0 Å². The summed E-state index contributed by atoms with van der Waals surface area (Å²) in [5.41, 5.74) is 2.67. The Morgan fingerprint density at radius 1 is 1.00 bits per heavy atom. The molecule has 7 nitrogen and oxygen atoms in total. The number of ketones is 1. The Balaban J connectivity index is 1.70. The fourth-order valence-electron chi connectivity index (χ4n) is 3.04. The molecule has 4 amide bonds. The van der Waals surface area contributed by atoms with E-state index in [9.17, 15) is 19.2 Å². The molecule has 7 heteroatoms. The highest BCUT2D eigenvalue weighted by molar-refractivity contribution is 6.16. The second kappa shape index (κ2) is 7.64. The van der Waals surface area contributed by atoms with E-state index >= 15 is 0 Å². The summed E-state index contributed by atoms with van der Waals surface area (Å²) in [6, 6.07) is 12.5. The van der Waals surface area contributed by atoms with Gasteiger partial charge in [-0.2, -0.15) is 0 Å². The van der Waals surface area contributed by atoms with Crippen molar-refractivity contribution in [2.75, 3.05) is 16.8 Å². The van der Waals surface area contributed by atoms with Gasteiger partial charge in [0.05, 0.1) is 0 Å². The average molecular weight is 379 g/mol. The smallest absolute Gasteiger partial charge is 0.325 e. The van der Waals surface area contributed by atoms with Crippen LogP contribution < -0.4 is 10.2 Å². The van der Waals surface area contributed by atoms with Crippen molar-refractivity contribution in [1.82, 2.24) is 4.90 Å². The lowest BCUT2D eigenvalue weighted by Crippen LogP contribution is -2.39. The van der Waals surface area contributed by atoms with E-state index in [0.717, 1.165) is 10.5 Å². The summed E-state index contributed by atoms with van der Waals surface area (Å²) >= 11 is 0. The maximum atomic E-state index is 12.7. The molecule has 1 heterocycles. The van der Waals surface area contributed by atoms with E-state index in [-0.39, 0.29) is 12.3 Å². The lowest BCUT2D eigenvalue weighted by atomic mass is 10.1. The number of nitrogens with one attached hydrogen (secondary N) is 1. The third-order valence-corrected chi connectivity index (χ3v) is 4.64. The third-order valence-electron chi connectivity index (χ3n) is 4.64. The van der Waals surface area contributed by atoms with Gasteiger partial charge in [0, 0.05) is 16.9 Å². The normalized spacial score (nSPS) is 16.5. The number of Topliss-reactive ketones (excluding diaryl/α,β-unsaturated/α-hetero) is 1. The standard InChI is InChI=1S/C21H21N3O4/c1-13-4-10-18(11-5-13)24-14(2)20(27)23(21(24)28)12-19(26)22-17-8-6-16(7-9-17)15(3)25/h4-11,14H,12H2,1-3H3,(H,22,26)/t14-/m1/s1. The number of aryl methyl sites for hydroxylation is 1. The first-order valence-corrected chi connectivity index (χ1v) is 8.90. The highest BCUT2D eigenvalue weighted by Crippen LogP contribution is 2.26. The van der Waals surface area contributed by atoms with Gasteiger partial charge in [0.25, 0.3) is 5.91 Å². The molecular formula is C21H21N3O4. The zero-order valence-corrected chi connectivity index (χ0v) is 15.9.